The van der Waals surface area contributed by atoms with Crippen LogP contribution in [0.4, 0.5) is 6.01 Å². The molecule has 33 heavy (non-hydrogen) atoms. The standard InChI is InChI=1S/C23H22N6O4/c30-21-15-5-1-2-6-16(15)22(31)20-19(21)25-29(32)28(20)14-11-26-9-12-27(13-10-26)23-24-17-7-3-4-8-18(17)33-23/h1-8,29,31H,9-14H2/p-1. The molecule has 0 spiro atoms. The van der Waals surface area contributed by atoms with Gasteiger partial charge in [0.25, 0.3) is 6.01 Å². The van der Waals surface area contributed by atoms with E-state index >= 15 is 0 Å². The van der Waals surface area contributed by atoms with Gasteiger partial charge in [-0.15, -0.1) is 5.28 Å². The van der Waals surface area contributed by atoms with Crippen LogP contribution in [0.5, 0.6) is 0 Å². The summed E-state index contributed by atoms with van der Waals surface area (Å²) in [6.07, 6.45) is 0. The second-order valence-corrected chi connectivity index (χ2v) is 8.24. The fraction of sp³-hybridized carbons (Fsp3) is 0.261. The third-order valence-corrected chi connectivity index (χ3v) is 6.34. The van der Waals surface area contributed by atoms with Crippen molar-refractivity contribution in [3.8, 4) is 0 Å². The van der Waals surface area contributed by atoms with Crippen molar-refractivity contribution in [3.63, 3.8) is 0 Å². The highest BCUT2D eigenvalue weighted by Crippen LogP contribution is 2.29. The normalized spacial score (nSPS) is 20.9. The molecule has 3 aliphatic rings. The number of anilines is 1. The first-order chi connectivity index (χ1) is 16.1. The van der Waals surface area contributed by atoms with Gasteiger partial charge in [-0.2, -0.15) is 9.99 Å². The lowest BCUT2D eigenvalue weighted by Crippen LogP contribution is -3.07. The van der Waals surface area contributed by atoms with E-state index in [1.807, 2.05) is 24.3 Å². The molecule has 10 heteroatoms. The number of carbonyl (C=O) groups is 1. The van der Waals surface area contributed by atoms with Gasteiger partial charge in [0.15, 0.2) is 11.3 Å². The number of ketones is 1. The van der Waals surface area contributed by atoms with Crippen LogP contribution in [0.25, 0.3) is 16.9 Å². The van der Waals surface area contributed by atoms with Crippen molar-refractivity contribution in [1.29, 1.82) is 0 Å². The number of Topliss-reactive ketones (excluding diaryl/α,β-unsaturated/α-hetero) is 1. The van der Waals surface area contributed by atoms with E-state index in [-0.39, 0.29) is 23.0 Å². The number of allylic oxidation sites excluding steroid dienone is 1. The van der Waals surface area contributed by atoms with Crippen LogP contribution in [0.3, 0.4) is 0 Å². The Balaban J connectivity index is 1.13. The minimum Gasteiger partial charge on any atom is -0.870 e. The second-order valence-electron chi connectivity index (χ2n) is 8.24. The smallest absolute Gasteiger partial charge is 0.298 e. The lowest BCUT2D eigenvalue weighted by atomic mass is 9.91. The molecule has 3 aromatic rings. The fourth-order valence-corrected chi connectivity index (χ4v) is 4.56. The molecule has 1 atom stereocenters. The van der Waals surface area contributed by atoms with Gasteiger partial charge in [-0.05, 0) is 22.8 Å². The van der Waals surface area contributed by atoms with E-state index in [1.54, 1.807) is 24.3 Å². The second kappa shape index (κ2) is 7.69. The summed E-state index contributed by atoms with van der Waals surface area (Å²) in [6, 6.07) is 14.9. The Hall–Kier alpha value is -3.73. The van der Waals surface area contributed by atoms with Crippen molar-refractivity contribution in [2.75, 3.05) is 44.2 Å². The Morgan fingerprint density at radius 2 is 1.70 bits per heavy atom. The number of nitrogens with zero attached hydrogens (tertiary/aromatic N) is 5. The highest BCUT2D eigenvalue weighted by molar-refractivity contribution is 6.54. The van der Waals surface area contributed by atoms with Crippen molar-refractivity contribution in [2.24, 2.45) is 5.10 Å². The van der Waals surface area contributed by atoms with Crippen molar-refractivity contribution in [1.82, 2.24) is 14.9 Å². The van der Waals surface area contributed by atoms with Crippen LogP contribution >= 0.6 is 0 Å². The number of hydrogen-bond acceptors (Lipinski definition) is 9. The number of para-hydroxylation sites is 2. The molecule has 1 aliphatic carbocycles. The van der Waals surface area contributed by atoms with Crippen molar-refractivity contribution in [3.05, 3.63) is 70.6 Å². The molecule has 168 valence electrons. The van der Waals surface area contributed by atoms with Crippen LogP contribution in [-0.4, -0.2) is 65.7 Å². The van der Waals surface area contributed by atoms with Crippen molar-refractivity contribution in [2.45, 2.75) is 0 Å². The van der Waals surface area contributed by atoms with E-state index in [2.05, 4.69) is 19.9 Å². The highest BCUT2D eigenvalue weighted by Gasteiger charge is 2.39. The molecule has 1 N–H and O–H groups in total. The van der Waals surface area contributed by atoms with Gasteiger partial charge in [-0.3, -0.25) is 9.69 Å². The maximum absolute atomic E-state index is 13.0. The number of hydrogen-bond donors (Lipinski definition) is 1. The van der Waals surface area contributed by atoms with Crippen LogP contribution in [0.2, 0.25) is 0 Å². The van der Waals surface area contributed by atoms with Gasteiger partial charge in [-0.25, -0.2) is 0 Å². The topological polar surface area (TPSA) is 116 Å². The fourth-order valence-electron chi connectivity index (χ4n) is 4.56. The van der Waals surface area contributed by atoms with Gasteiger partial charge in [0.1, 0.15) is 11.2 Å². The molecule has 0 bridgehead atoms. The van der Waals surface area contributed by atoms with Crippen LogP contribution in [-0.2, 0) is 0 Å². The largest absolute Gasteiger partial charge is 0.870 e. The molecule has 3 heterocycles. The van der Waals surface area contributed by atoms with E-state index in [1.165, 1.54) is 5.01 Å². The summed E-state index contributed by atoms with van der Waals surface area (Å²) < 4.78 is 5.86. The number of aromatic nitrogens is 1. The Morgan fingerprint density at radius 1 is 0.970 bits per heavy atom. The average Bonchev–Trinajstić information content (AvgIpc) is 3.43. The average molecular weight is 445 g/mol. The van der Waals surface area contributed by atoms with Gasteiger partial charge in [0.05, 0.1) is 6.54 Å². The van der Waals surface area contributed by atoms with E-state index in [4.69, 9.17) is 4.42 Å². The number of fused-ring (bicyclic) bond motifs is 3. The van der Waals surface area contributed by atoms with Gasteiger partial charge >= 0.3 is 0 Å². The molecule has 1 fully saturated rings. The minimum absolute atomic E-state index is 0.0375. The molecule has 6 rings (SSSR count). The first kappa shape index (κ1) is 19.9. The summed E-state index contributed by atoms with van der Waals surface area (Å²) in [5.74, 6) is -0.696. The number of carbonyl (C=O) groups excluding carboxylic acids is 1. The van der Waals surface area contributed by atoms with E-state index in [0.717, 1.165) is 37.3 Å². The summed E-state index contributed by atoms with van der Waals surface area (Å²) >= 11 is 0. The number of rotatable bonds is 4. The third kappa shape index (κ3) is 3.27. The first-order valence-electron chi connectivity index (χ1n) is 10.9. The molecule has 1 unspecified atom stereocenters. The van der Waals surface area contributed by atoms with Gasteiger partial charge in [-0.1, -0.05) is 42.2 Å². The van der Waals surface area contributed by atoms with Crippen molar-refractivity contribution >= 4 is 34.4 Å². The summed E-state index contributed by atoms with van der Waals surface area (Å²) in [5, 5.41) is 30.3. The van der Waals surface area contributed by atoms with Gasteiger partial charge < -0.3 is 19.6 Å². The Labute approximate surface area is 189 Å². The van der Waals surface area contributed by atoms with Crippen LogP contribution < -0.4 is 15.3 Å². The molecule has 1 aromatic heterocycles. The molecule has 10 nitrogen and oxygen atoms in total. The molecule has 0 saturated carbocycles. The highest BCUT2D eigenvalue weighted by atomic mass is 16.6. The summed E-state index contributed by atoms with van der Waals surface area (Å²) in [4.78, 5) is 21.6. The zero-order valence-electron chi connectivity index (χ0n) is 17.7. The molecular formula is C23H21N6O4-. The summed E-state index contributed by atoms with van der Waals surface area (Å²) in [7, 11) is 0. The lowest BCUT2D eigenvalue weighted by molar-refractivity contribution is -0.965. The third-order valence-electron chi connectivity index (χ3n) is 6.34. The Kier molecular flexibility index (Phi) is 4.64. The van der Waals surface area contributed by atoms with Crippen LogP contribution in [0.1, 0.15) is 15.9 Å². The first-order valence-corrected chi connectivity index (χ1v) is 10.9. The number of benzene rings is 2. The molecule has 2 aromatic carbocycles. The van der Waals surface area contributed by atoms with Crippen molar-refractivity contribution < 1.29 is 19.6 Å². The number of nitrogens with one attached hydrogen (secondary N) is 1. The molecule has 0 radical (unpaired) electrons. The molecule has 1 saturated heterocycles. The van der Waals surface area contributed by atoms with E-state index in [0.29, 0.717) is 30.2 Å². The molecular weight excluding hydrogens is 424 g/mol. The van der Waals surface area contributed by atoms with E-state index in [9.17, 15) is 15.1 Å². The zero-order chi connectivity index (χ0) is 22.5. The SMILES string of the molecule is O=C1C2=N[NH+]([O-])N(CCN3CCN(c4nc5ccccc5o4)CC3)C2=C([O-])c2ccccc21. The van der Waals surface area contributed by atoms with E-state index < -0.39 is 5.28 Å². The molecule has 0 amide bonds. The monoisotopic (exact) mass is 445 g/mol. The summed E-state index contributed by atoms with van der Waals surface area (Å²) in [6.45, 7) is 3.88. The Morgan fingerprint density at radius 3 is 2.48 bits per heavy atom. The number of piperazine rings is 1. The lowest BCUT2D eigenvalue weighted by Gasteiger charge is -2.36. The molecule has 2 aliphatic heterocycles. The van der Waals surface area contributed by atoms with Gasteiger partial charge in [0, 0.05) is 38.3 Å². The zero-order valence-corrected chi connectivity index (χ0v) is 17.7. The maximum atomic E-state index is 13.0. The summed E-state index contributed by atoms with van der Waals surface area (Å²) in [5.41, 5.74) is 2.29. The minimum atomic E-state index is -0.556. The van der Waals surface area contributed by atoms with Crippen LogP contribution in [0, 0.1) is 5.21 Å². The number of quaternary nitrogens is 1. The Bertz CT molecular complexity index is 1270. The maximum Gasteiger partial charge on any atom is 0.298 e. The van der Waals surface area contributed by atoms with Gasteiger partial charge in [0.2, 0.25) is 5.78 Å². The quantitative estimate of drug-likeness (QED) is 0.551. The predicted molar refractivity (Wildman–Crippen MR) is 119 cm³/mol. The predicted octanol–water partition coefficient (Wildman–Crippen LogP) is -0.155. The van der Waals surface area contributed by atoms with Crippen LogP contribution in [0.15, 0.2) is 63.7 Å². The number of oxazole rings is 1.